The number of carboxylic acids is 1. The first-order valence-electron chi connectivity index (χ1n) is 8.31. The summed E-state index contributed by atoms with van der Waals surface area (Å²) in [7, 11) is 1.84. The van der Waals surface area contributed by atoms with Gasteiger partial charge in [0.2, 0.25) is 0 Å². The van der Waals surface area contributed by atoms with Crippen molar-refractivity contribution in [3.05, 3.63) is 42.0 Å². The summed E-state index contributed by atoms with van der Waals surface area (Å²) < 4.78 is 1.68. The highest BCUT2D eigenvalue weighted by Crippen LogP contribution is 2.33. The summed E-state index contributed by atoms with van der Waals surface area (Å²) in [6.45, 7) is 2.62. The molecule has 128 valence electrons. The number of aliphatic carboxylic acids is 1. The number of rotatable bonds is 7. The molecule has 0 amide bonds. The maximum Gasteiger partial charge on any atom is 0.303 e. The minimum Gasteiger partial charge on any atom is -0.481 e. The second-order valence-electron chi connectivity index (χ2n) is 6.51. The number of pyridine rings is 1. The van der Waals surface area contributed by atoms with Crippen molar-refractivity contribution in [1.82, 2.24) is 24.9 Å². The van der Waals surface area contributed by atoms with Gasteiger partial charge in [-0.05, 0) is 36.9 Å². The number of hydrogen-bond donors (Lipinski definition) is 1. The van der Waals surface area contributed by atoms with E-state index in [1.54, 1.807) is 10.9 Å². The largest absolute Gasteiger partial charge is 0.481 e. The van der Waals surface area contributed by atoms with Crippen molar-refractivity contribution in [3.8, 4) is 0 Å². The summed E-state index contributed by atoms with van der Waals surface area (Å²) in [5.41, 5.74) is 2.14. The van der Waals surface area contributed by atoms with Crippen LogP contribution in [-0.4, -0.2) is 55.6 Å². The van der Waals surface area contributed by atoms with E-state index in [-0.39, 0.29) is 18.3 Å². The Labute approximate surface area is 141 Å². The van der Waals surface area contributed by atoms with Crippen LogP contribution >= 0.6 is 0 Å². The third-order valence-electron chi connectivity index (χ3n) is 4.62. The van der Waals surface area contributed by atoms with E-state index in [1.807, 2.05) is 25.5 Å². The van der Waals surface area contributed by atoms with E-state index < -0.39 is 5.97 Å². The van der Waals surface area contributed by atoms with E-state index >= 15 is 0 Å². The maximum absolute atomic E-state index is 11.2. The summed E-state index contributed by atoms with van der Waals surface area (Å²) in [6.07, 6.45) is 7.80. The smallest absolute Gasteiger partial charge is 0.303 e. The van der Waals surface area contributed by atoms with Gasteiger partial charge in [0.1, 0.15) is 0 Å². The molecule has 2 atom stereocenters. The van der Waals surface area contributed by atoms with Crippen LogP contribution in [0, 0.1) is 5.92 Å². The SMILES string of the molecule is Cn1cc([C@@H]2CN(CCCc3cccnc3)C[C@@H]2CC(=O)O)nn1. The molecule has 1 aliphatic heterocycles. The summed E-state index contributed by atoms with van der Waals surface area (Å²) in [5.74, 6) is -0.503. The average molecular weight is 329 g/mol. The van der Waals surface area contributed by atoms with Crippen LogP contribution < -0.4 is 0 Å². The summed E-state index contributed by atoms with van der Waals surface area (Å²) in [4.78, 5) is 17.7. The van der Waals surface area contributed by atoms with Crippen LogP contribution in [0.2, 0.25) is 0 Å². The first-order chi connectivity index (χ1) is 11.6. The molecule has 1 N–H and O–H groups in total. The first-order valence-corrected chi connectivity index (χ1v) is 8.31. The number of carbonyl (C=O) groups is 1. The molecule has 1 aliphatic rings. The predicted octanol–water partition coefficient (Wildman–Crippen LogP) is 1.33. The first kappa shape index (κ1) is 16.6. The Morgan fingerprint density at radius 3 is 2.96 bits per heavy atom. The van der Waals surface area contributed by atoms with Crippen LogP contribution in [0.5, 0.6) is 0 Å². The molecular weight excluding hydrogens is 306 g/mol. The molecule has 2 aromatic heterocycles. The lowest BCUT2D eigenvalue weighted by Crippen LogP contribution is -2.23. The molecule has 0 aliphatic carbocycles. The van der Waals surface area contributed by atoms with Crippen LogP contribution in [0.25, 0.3) is 0 Å². The van der Waals surface area contributed by atoms with Gasteiger partial charge in [-0.3, -0.25) is 14.5 Å². The van der Waals surface area contributed by atoms with Crippen molar-refractivity contribution < 1.29 is 9.90 Å². The van der Waals surface area contributed by atoms with E-state index in [9.17, 15) is 9.90 Å². The zero-order chi connectivity index (χ0) is 16.9. The highest BCUT2D eigenvalue weighted by Gasteiger charge is 2.36. The third-order valence-corrected chi connectivity index (χ3v) is 4.62. The fourth-order valence-electron chi connectivity index (χ4n) is 3.50. The van der Waals surface area contributed by atoms with Gasteiger partial charge in [0.05, 0.1) is 12.1 Å². The van der Waals surface area contributed by atoms with Gasteiger partial charge in [0.15, 0.2) is 0 Å². The zero-order valence-corrected chi connectivity index (χ0v) is 13.9. The molecule has 0 unspecified atom stereocenters. The Kier molecular flexibility index (Phi) is 5.20. The number of carboxylic acid groups (broad SMARTS) is 1. The molecule has 7 heteroatoms. The molecule has 7 nitrogen and oxygen atoms in total. The van der Waals surface area contributed by atoms with Crippen LogP contribution in [0.4, 0.5) is 0 Å². The van der Waals surface area contributed by atoms with E-state index in [1.165, 1.54) is 5.56 Å². The van der Waals surface area contributed by atoms with Crippen LogP contribution in [0.3, 0.4) is 0 Å². The Balaban J connectivity index is 1.58. The van der Waals surface area contributed by atoms with E-state index in [0.29, 0.717) is 0 Å². The topological polar surface area (TPSA) is 84.1 Å². The van der Waals surface area contributed by atoms with Gasteiger partial charge in [-0.25, -0.2) is 0 Å². The van der Waals surface area contributed by atoms with Crippen molar-refractivity contribution in [3.63, 3.8) is 0 Å². The number of hydrogen-bond acceptors (Lipinski definition) is 5. The lowest BCUT2D eigenvalue weighted by atomic mass is 9.91. The van der Waals surface area contributed by atoms with Gasteiger partial charge < -0.3 is 10.0 Å². The van der Waals surface area contributed by atoms with Crippen molar-refractivity contribution in [1.29, 1.82) is 0 Å². The maximum atomic E-state index is 11.2. The van der Waals surface area contributed by atoms with Gasteiger partial charge in [-0.1, -0.05) is 11.3 Å². The molecular formula is C17H23N5O2. The molecule has 0 bridgehead atoms. The van der Waals surface area contributed by atoms with E-state index in [2.05, 4.69) is 26.3 Å². The summed E-state index contributed by atoms with van der Waals surface area (Å²) in [5, 5.41) is 17.4. The van der Waals surface area contributed by atoms with Crippen molar-refractivity contribution >= 4 is 5.97 Å². The summed E-state index contributed by atoms with van der Waals surface area (Å²) in [6, 6.07) is 4.05. The molecule has 0 aromatic carbocycles. The molecule has 1 saturated heterocycles. The Morgan fingerprint density at radius 1 is 1.42 bits per heavy atom. The lowest BCUT2D eigenvalue weighted by Gasteiger charge is -2.15. The minimum absolute atomic E-state index is 0.0950. The van der Waals surface area contributed by atoms with Crippen molar-refractivity contribution in [2.75, 3.05) is 19.6 Å². The molecule has 0 radical (unpaired) electrons. The lowest BCUT2D eigenvalue weighted by molar-refractivity contribution is -0.138. The van der Waals surface area contributed by atoms with Crippen LogP contribution in [0.15, 0.2) is 30.7 Å². The molecule has 0 saturated carbocycles. The fraction of sp³-hybridized carbons (Fsp3) is 0.529. The van der Waals surface area contributed by atoms with Crippen molar-refractivity contribution in [2.24, 2.45) is 13.0 Å². The monoisotopic (exact) mass is 329 g/mol. The predicted molar refractivity (Wildman–Crippen MR) is 88.5 cm³/mol. The van der Waals surface area contributed by atoms with Gasteiger partial charge >= 0.3 is 5.97 Å². The number of aromatic nitrogens is 4. The normalized spacial score (nSPS) is 21.2. The molecule has 2 aromatic rings. The number of likely N-dealkylation sites (tertiary alicyclic amines) is 1. The minimum atomic E-state index is -0.744. The molecule has 3 heterocycles. The standard InChI is InChI=1S/C17H23N5O2/c1-21-12-16(19-20-21)15-11-22(10-14(15)8-17(23)24)7-3-5-13-4-2-6-18-9-13/h2,4,6,9,12,14-15H,3,5,7-8,10-11H2,1H3,(H,23,24)/t14-,15+/m0/s1. The Hall–Kier alpha value is -2.28. The fourth-order valence-corrected chi connectivity index (χ4v) is 3.50. The molecule has 24 heavy (non-hydrogen) atoms. The Bertz CT molecular complexity index is 673. The molecule has 3 rings (SSSR count). The van der Waals surface area contributed by atoms with Crippen LogP contribution in [0.1, 0.15) is 30.0 Å². The second kappa shape index (κ2) is 7.53. The number of aryl methyl sites for hydroxylation is 2. The molecule has 0 spiro atoms. The Morgan fingerprint density at radius 2 is 2.29 bits per heavy atom. The van der Waals surface area contributed by atoms with E-state index in [4.69, 9.17) is 0 Å². The van der Waals surface area contributed by atoms with Gasteiger partial charge in [-0.2, -0.15) is 0 Å². The van der Waals surface area contributed by atoms with Gasteiger partial charge in [0, 0.05) is 44.6 Å². The zero-order valence-electron chi connectivity index (χ0n) is 13.9. The third kappa shape index (κ3) is 4.17. The average Bonchev–Trinajstić information content (AvgIpc) is 3.14. The quantitative estimate of drug-likeness (QED) is 0.825. The van der Waals surface area contributed by atoms with Crippen molar-refractivity contribution in [2.45, 2.75) is 25.2 Å². The summed E-state index contributed by atoms with van der Waals surface area (Å²) >= 11 is 0. The van der Waals surface area contributed by atoms with E-state index in [0.717, 1.165) is 38.2 Å². The van der Waals surface area contributed by atoms with Gasteiger partial charge in [-0.15, -0.1) is 5.10 Å². The van der Waals surface area contributed by atoms with Crippen LogP contribution in [-0.2, 0) is 18.3 Å². The number of nitrogens with zero attached hydrogens (tertiary/aromatic N) is 5. The van der Waals surface area contributed by atoms with Gasteiger partial charge in [0.25, 0.3) is 0 Å². The highest BCUT2D eigenvalue weighted by atomic mass is 16.4. The highest BCUT2D eigenvalue weighted by molar-refractivity contribution is 5.67. The molecule has 1 fully saturated rings. The second-order valence-corrected chi connectivity index (χ2v) is 6.51.